The Morgan fingerprint density at radius 2 is 1.79 bits per heavy atom. The molecular formula is C19H15F3N4O3. The lowest BCUT2D eigenvalue weighted by molar-refractivity contribution is -0.274. The van der Waals surface area contributed by atoms with E-state index in [2.05, 4.69) is 20.1 Å². The van der Waals surface area contributed by atoms with Gasteiger partial charge in [0, 0.05) is 5.69 Å². The van der Waals surface area contributed by atoms with E-state index in [1.807, 2.05) is 13.0 Å². The fourth-order valence-electron chi connectivity index (χ4n) is 2.47. The Bertz CT molecular complexity index is 1030. The summed E-state index contributed by atoms with van der Waals surface area (Å²) in [7, 11) is 0. The zero-order valence-corrected chi connectivity index (χ0v) is 15.0. The summed E-state index contributed by atoms with van der Waals surface area (Å²) in [4.78, 5) is 14.8. The van der Waals surface area contributed by atoms with Gasteiger partial charge in [-0.15, -0.1) is 18.3 Å². The summed E-state index contributed by atoms with van der Waals surface area (Å²) in [6.07, 6.45) is -2.61. The molecule has 0 spiro atoms. The van der Waals surface area contributed by atoms with Crippen molar-refractivity contribution in [2.24, 2.45) is 0 Å². The van der Waals surface area contributed by atoms with Crippen LogP contribution < -0.4 is 10.1 Å². The molecule has 1 amide bonds. The number of nitrogens with zero attached hydrogens (tertiary/aromatic N) is 3. The summed E-state index contributed by atoms with van der Waals surface area (Å²) in [5.41, 5.74) is 2.55. The number of halogens is 3. The van der Waals surface area contributed by atoms with Gasteiger partial charge in [0.15, 0.2) is 5.82 Å². The lowest BCUT2D eigenvalue weighted by atomic mass is 10.1. The summed E-state index contributed by atoms with van der Waals surface area (Å²) in [5.74, 6) is 0.117. The van der Waals surface area contributed by atoms with Crippen molar-refractivity contribution in [3.05, 3.63) is 66.2 Å². The maximum Gasteiger partial charge on any atom is 0.573 e. The van der Waals surface area contributed by atoms with Crippen LogP contribution in [-0.4, -0.2) is 32.3 Å². The van der Waals surface area contributed by atoms with Gasteiger partial charge in [-0.1, -0.05) is 12.1 Å². The Labute approximate surface area is 163 Å². The van der Waals surface area contributed by atoms with E-state index < -0.39 is 12.5 Å². The Hall–Kier alpha value is -3.82. The van der Waals surface area contributed by atoms with Gasteiger partial charge in [-0.3, -0.25) is 5.32 Å². The number of anilines is 1. The van der Waals surface area contributed by atoms with E-state index in [0.717, 1.165) is 11.1 Å². The molecule has 0 saturated heterocycles. The Morgan fingerprint density at radius 3 is 2.38 bits per heavy atom. The number of amides is 1. The van der Waals surface area contributed by atoms with Gasteiger partial charge in [-0.05, 0) is 60.5 Å². The first-order valence-electron chi connectivity index (χ1n) is 8.26. The number of benzene rings is 2. The average molecular weight is 404 g/mol. The molecule has 0 aliphatic rings. The Kier molecular flexibility index (Phi) is 5.53. The molecule has 1 heterocycles. The van der Waals surface area contributed by atoms with Crippen molar-refractivity contribution in [1.82, 2.24) is 14.8 Å². The first kappa shape index (κ1) is 19.9. The number of ether oxygens (including phenoxy) is 1. The van der Waals surface area contributed by atoms with Gasteiger partial charge in [0.1, 0.15) is 12.1 Å². The molecule has 1 aromatic heterocycles. The quantitative estimate of drug-likeness (QED) is 0.637. The van der Waals surface area contributed by atoms with Crippen LogP contribution in [-0.2, 0) is 0 Å². The molecule has 29 heavy (non-hydrogen) atoms. The first-order chi connectivity index (χ1) is 13.7. The maximum atomic E-state index is 12.2. The third kappa shape index (κ3) is 5.58. The monoisotopic (exact) mass is 404 g/mol. The molecule has 7 nitrogen and oxygen atoms in total. The molecule has 0 saturated carbocycles. The smallest absolute Gasteiger partial charge is 0.465 e. The van der Waals surface area contributed by atoms with Gasteiger partial charge in [-0.2, -0.15) is 0 Å². The summed E-state index contributed by atoms with van der Waals surface area (Å²) >= 11 is 0. The topological polar surface area (TPSA) is 89.3 Å². The van der Waals surface area contributed by atoms with Crippen LogP contribution in [0.3, 0.4) is 0 Å². The van der Waals surface area contributed by atoms with E-state index in [1.165, 1.54) is 35.3 Å². The van der Waals surface area contributed by atoms with Gasteiger partial charge in [-0.25, -0.2) is 14.5 Å². The van der Waals surface area contributed by atoms with Crippen molar-refractivity contribution in [3.8, 4) is 11.4 Å². The summed E-state index contributed by atoms with van der Waals surface area (Å²) in [5, 5.41) is 15.3. The zero-order chi connectivity index (χ0) is 21.0. The zero-order valence-electron chi connectivity index (χ0n) is 15.0. The molecule has 3 aromatic rings. The SMILES string of the molecule is C/C(=C\c1ccc(NC(=O)O)cc1)c1ncn(-c2ccc(OC(F)(F)F)cc2)n1. The molecule has 2 aromatic carbocycles. The molecule has 0 aliphatic carbocycles. The van der Waals surface area contributed by atoms with E-state index in [9.17, 15) is 18.0 Å². The second-order valence-corrected chi connectivity index (χ2v) is 5.93. The van der Waals surface area contributed by atoms with Crippen molar-refractivity contribution in [1.29, 1.82) is 0 Å². The highest BCUT2D eigenvalue weighted by atomic mass is 19.4. The highest BCUT2D eigenvalue weighted by Gasteiger charge is 2.30. The number of aromatic nitrogens is 3. The van der Waals surface area contributed by atoms with Crippen LogP contribution in [0.5, 0.6) is 5.75 Å². The Morgan fingerprint density at radius 1 is 1.14 bits per heavy atom. The van der Waals surface area contributed by atoms with E-state index in [1.54, 1.807) is 24.3 Å². The standard InChI is InChI=1S/C19H15F3N4O3/c1-12(10-13-2-4-14(5-3-13)24-18(27)28)17-23-11-26(25-17)15-6-8-16(9-7-15)29-19(20,21)22/h2-11,24H,1H3,(H,27,28)/b12-10+. The normalized spacial score (nSPS) is 11.9. The number of carbonyl (C=O) groups is 1. The predicted molar refractivity (Wildman–Crippen MR) is 99.7 cm³/mol. The van der Waals surface area contributed by atoms with Crippen molar-refractivity contribution >= 4 is 23.4 Å². The molecule has 0 atom stereocenters. The largest absolute Gasteiger partial charge is 0.573 e. The summed E-state index contributed by atoms with van der Waals surface area (Å²) in [6, 6.07) is 12.0. The molecule has 10 heteroatoms. The van der Waals surface area contributed by atoms with E-state index in [0.29, 0.717) is 17.2 Å². The fraction of sp³-hybridized carbons (Fsp3) is 0.105. The first-order valence-corrected chi connectivity index (χ1v) is 8.26. The van der Waals surface area contributed by atoms with Crippen molar-refractivity contribution in [3.63, 3.8) is 0 Å². The van der Waals surface area contributed by atoms with E-state index in [4.69, 9.17) is 5.11 Å². The van der Waals surface area contributed by atoms with Crippen LogP contribution in [0, 0.1) is 0 Å². The molecule has 2 N–H and O–H groups in total. The highest BCUT2D eigenvalue weighted by molar-refractivity contribution is 5.83. The molecule has 3 rings (SSSR count). The maximum absolute atomic E-state index is 12.2. The number of allylic oxidation sites excluding steroid dienone is 1. The predicted octanol–water partition coefficient (Wildman–Crippen LogP) is 4.82. The molecule has 0 bridgehead atoms. The Balaban J connectivity index is 1.73. The second kappa shape index (κ2) is 8.05. The lowest BCUT2D eigenvalue weighted by Crippen LogP contribution is -2.17. The number of hydrogen-bond acceptors (Lipinski definition) is 4. The summed E-state index contributed by atoms with van der Waals surface area (Å²) < 4.78 is 42.0. The average Bonchev–Trinajstić information content (AvgIpc) is 3.12. The minimum atomic E-state index is -4.74. The molecule has 150 valence electrons. The number of hydrogen-bond donors (Lipinski definition) is 2. The van der Waals surface area contributed by atoms with Crippen molar-refractivity contribution in [2.45, 2.75) is 13.3 Å². The van der Waals surface area contributed by atoms with Crippen LogP contribution in [0.1, 0.15) is 18.3 Å². The van der Waals surface area contributed by atoms with Crippen LogP contribution in [0.15, 0.2) is 54.9 Å². The molecule has 0 unspecified atom stereocenters. The van der Waals surface area contributed by atoms with Gasteiger partial charge in [0.05, 0.1) is 5.69 Å². The third-order valence-electron chi connectivity index (χ3n) is 3.72. The number of alkyl halides is 3. The number of carboxylic acid groups (broad SMARTS) is 1. The van der Waals surface area contributed by atoms with Crippen LogP contribution in [0.4, 0.5) is 23.7 Å². The fourth-order valence-corrected chi connectivity index (χ4v) is 2.47. The molecule has 0 radical (unpaired) electrons. The highest BCUT2D eigenvalue weighted by Crippen LogP contribution is 2.24. The minimum absolute atomic E-state index is 0.321. The van der Waals surface area contributed by atoms with Gasteiger partial charge >= 0.3 is 12.5 Å². The number of nitrogens with one attached hydrogen (secondary N) is 1. The third-order valence-corrected chi connectivity index (χ3v) is 3.72. The minimum Gasteiger partial charge on any atom is -0.465 e. The number of rotatable bonds is 5. The molecule has 0 aliphatic heterocycles. The van der Waals surface area contributed by atoms with Crippen LogP contribution >= 0.6 is 0 Å². The van der Waals surface area contributed by atoms with Gasteiger partial charge in [0.25, 0.3) is 0 Å². The second-order valence-electron chi connectivity index (χ2n) is 5.93. The lowest BCUT2D eigenvalue weighted by Gasteiger charge is -2.09. The van der Waals surface area contributed by atoms with Crippen LogP contribution in [0.2, 0.25) is 0 Å². The van der Waals surface area contributed by atoms with E-state index in [-0.39, 0.29) is 5.75 Å². The van der Waals surface area contributed by atoms with Gasteiger partial charge < -0.3 is 9.84 Å². The van der Waals surface area contributed by atoms with Crippen molar-refractivity contribution in [2.75, 3.05) is 5.32 Å². The van der Waals surface area contributed by atoms with Crippen molar-refractivity contribution < 1.29 is 27.8 Å². The molecule has 0 fully saturated rings. The molecular weight excluding hydrogens is 389 g/mol. The van der Waals surface area contributed by atoms with E-state index >= 15 is 0 Å². The summed E-state index contributed by atoms with van der Waals surface area (Å²) in [6.45, 7) is 1.81. The van der Waals surface area contributed by atoms with Crippen LogP contribution in [0.25, 0.3) is 17.3 Å². The van der Waals surface area contributed by atoms with Gasteiger partial charge in [0.2, 0.25) is 0 Å².